The molecule has 0 aromatic heterocycles. The maximum atomic E-state index is 9.90. The lowest BCUT2D eigenvalue weighted by atomic mass is 10.0. The Kier molecular flexibility index (Phi) is 3.76. The predicted octanol–water partition coefficient (Wildman–Crippen LogP) is 2.45. The van der Waals surface area contributed by atoms with Crippen molar-refractivity contribution in [1.29, 1.82) is 0 Å². The molecule has 1 heterocycles. The average Bonchev–Trinajstić information content (AvgIpc) is 2.84. The van der Waals surface area contributed by atoms with Gasteiger partial charge in [-0.05, 0) is 56.0 Å². The van der Waals surface area contributed by atoms with Gasteiger partial charge in [-0.1, -0.05) is 19.1 Å². The third-order valence-corrected chi connectivity index (χ3v) is 4.64. The van der Waals surface area contributed by atoms with Crippen molar-refractivity contribution in [1.82, 2.24) is 10.2 Å². The number of rotatable bonds is 3. The zero-order valence-corrected chi connectivity index (χ0v) is 11.7. The van der Waals surface area contributed by atoms with Crippen molar-refractivity contribution < 1.29 is 5.11 Å². The number of nitrogens with zero attached hydrogens (tertiary/aromatic N) is 1. The molecule has 1 fully saturated rings. The van der Waals surface area contributed by atoms with Crippen molar-refractivity contribution in [2.45, 2.75) is 44.7 Å². The number of piperidine rings is 1. The standard InChI is InChI=1S/C16H24N2O/c1-2-18-10-4-5-12(11-18)17-15-9-8-14-13(15)6-3-7-16(14)19/h3,6-7,12,15,17,19H,2,4-5,8-11H2,1H3. The summed E-state index contributed by atoms with van der Waals surface area (Å²) in [4.78, 5) is 2.53. The van der Waals surface area contributed by atoms with E-state index in [1.165, 1.54) is 31.5 Å². The van der Waals surface area contributed by atoms with Crippen LogP contribution in [0, 0.1) is 0 Å². The molecule has 3 rings (SSSR count). The molecule has 1 aromatic carbocycles. The highest BCUT2D eigenvalue weighted by Crippen LogP contribution is 2.36. The van der Waals surface area contributed by atoms with Crippen molar-refractivity contribution in [2.75, 3.05) is 19.6 Å². The Labute approximate surface area is 115 Å². The molecular weight excluding hydrogens is 236 g/mol. The summed E-state index contributed by atoms with van der Waals surface area (Å²) in [6.07, 6.45) is 4.70. The number of likely N-dealkylation sites (N-methyl/N-ethyl adjacent to an activating group) is 1. The largest absolute Gasteiger partial charge is 0.508 e. The Hall–Kier alpha value is -1.06. The van der Waals surface area contributed by atoms with Crippen LogP contribution in [0.4, 0.5) is 0 Å². The molecule has 0 spiro atoms. The van der Waals surface area contributed by atoms with Gasteiger partial charge in [0.15, 0.2) is 0 Å². The molecule has 104 valence electrons. The van der Waals surface area contributed by atoms with E-state index in [-0.39, 0.29) is 0 Å². The first kappa shape index (κ1) is 12.9. The van der Waals surface area contributed by atoms with Crippen LogP contribution in [0.15, 0.2) is 18.2 Å². The van der Waals surface area contributed by atoms with Gasteiger partial charge in [0.1, 0.15) is 5.75 Å². The Morgan fingerprint density at radius 3 is 3.11 bits per heavy atom. The van der Waals surface area contributed by atoms with Gasteiger partial charge >= 0.3 is 0 Å². The summed E-state index contributed by atoms with van der Waals surface area (Å²) in [6.45, 7) is 5.81. The van der Waals surface area contributed by atoms with Crippen LogP contribution in [0.2, 0.25) is 0 Å². The van der Waals surface area contributed by atoms with E-state index in [1.54, 1.807) is 6.07 Å². The zero-order valence-electron chi connectivity index (χ0n) is 11.7. The molecule has 19 heavy (non-hydrogen) atoms. The second-order valence-electron chi connectivity index (χ2n) is 5.84. The van der Waals surface area contributed by atoms with E-state index < -0.39 is 0 Å². The third-order valence-electron chi connectivity index (χ3n) is 4.64. The van der Waals surface area contributed by atoms with Crippen LogP contribution in [0.5, 0.6) is 5.75 Å². The molecule has 1 aromatic rings. The fourth-order valence-corrected chi connectivity index (χ4v) is 3.57. The van der Waals surface area contributed by atoms with Crippen LogP contribution in [-0.2, 0) is 6.42 Å². The van der Waals surface area contributed by atoms with E-state index >= 15 is 0 Å². The maximum absolute atomic E-state index is 9.90. The third kappa shape index (κ3) is 2.63. The normalized spacial score (nSPS) is 27.4. The number of fused-ring (bicyclic) bond motifs is 1. The number of hydrogen-bond donors (Lipinski definition) is 2. The second kappa shape index (κ2) is 5.51. The smallest absolute Gasteiger partial charge is 0.119 e. The summed E-state index contributed by atoms with van der Waals surface area (Å²) >= 11 is 0. The lowest BCUT2D eigenvalue weighted by Crippen LogP contribution is -2.46. The fraction of sp³-hybridized carbons (Fsp3) is 0.625. The Morgan fingerprint density at radius 2 is 2.26 bits per heavy atom. The van der Waals surface area contributed by atoms with Gasteiger partial charge in [-0.25, -0.2) is 0 Å². The van der Waals surface area contributed by atoms with Gasteiger partial charge in [0, 0.05) is 18.6 Å². The molecule has 1 aliphatic heterocycles. The van der Waals surface area contributed by atoms with Crippen molar-refractivity contribution in [3.05, 3.63) is 29.3 Å². The fourth-order valence-electron chi connectivity index (χ4n) is 3.57. The molecule has 3 nitrogen and oxygen atoms in total. The van der Waals surface area contributed by atoms with Crippen LogP contribution < -0.4 is 5.32 Å². The molecule has 2 atom stereocenters. The minimum atomic E-state index is 0.434. The van der Waals surface area contributed by atoms with Gasteiger partial charge in [-0.15, -0.1) is 0 Å². The predicted molar refractivity (Wildman–Crippen MR) is 77.4 cm³/mol. The van der Waals surface area contributed by atoms with Crippen molar-refractivity contribution in [2.24, 2.45) is 0 Å². The molecule has 2 aliphatic rings. The molecule has 1 aliphatic carbocycles. The van der Waals surface area contributed by atoms with Gasteiger partial charge in [0.2, 0.25) is 0 Å². The van der Waals surface area contributed by atoms with E-state index in [0.29, 0.717) is 17.8 Å². The minimum Gasteiger partial charge on any atom is -0.508 e. The number of nitrogens with one attached hydrogen (secondary N) is 1. The van der Waals surface area contributed by atoms with Crippen molar-refractivity contribution >= 4 is 0 Å². The van der Waals surface area contributed by atoms with E-state index in [0.717, 1.165) is 24.9 Å². The Morgan fingerprint density at radius 1 is 1.37 bits per heavy atom. The number of likely N-dealkylation sites (tertiary alicyclic amines) is 1. The first-order valence-electron chi connectivity index (χ1n) is 7.57. The molecule has 3 heteroatoms. The first-order valence-corrected chi connectivity index (χ1v) is 7.57. The maximum Gasteiger partial charge on any atom is 0.119 e. The highest BCUT2D eigenvalue weighted by atomic mass is 16.3. The number of phenols is 1. The highest BCUT2D eigenvalue weighted by molar-refractivity contribution is 5.44. The lowest BCUT2D eigenvalue weighted by molar-refractivity contribution is 0.190. The summed E-state index contributed by atoms with van der Waals surface area (Å²) < 4.78 is 0. The van der Waals surface area contributed by atoms with Crippen LogP contribution in [0.25, 0.3) is 0 Å². The summed E-state index contributed by atoms with van der Waals surface area (Å²) in [5.74, 6) is 0.473. The quantitative estimate of drug-likeness (QED) is 0.876. The topological polar surface area (TPSA) is 35.5 Å². The zero-order chi connectivity index (χ0) is 13.2. The first-order chi connectivity index (χ1) is 9.28. The van der Waals surface area contributed by atoms with Gasteiger partial charge in [-0.3, -0.25) is 0 Å². The molecule has 0 saturated carbocycles. The minimum absolute atomic E-state index is 0.434. The summed E-state index contributed by atoms with van der Waals surface area (Å²) in [5, 5.41) is 13.7. The van der Waals surface area contributed by atoms with Gasteiger partial charge < -0.3 is 15.3 Å². The molecule has 2 N–H and O–H groups in total. The molecule has 1 saturated heterocycles. The highest BCUT2D eigenvalue weighted by Gasteiger charge is 2.28. The van der Waals surface area contributed by atoms with Crippen molar-refractivity contribution in [3.63, 3.8) is 0 Å². The Bertz CT molecular complexity index is 446. The van der Waals surface area contributed by atoms with Gasteiger partial charge in [0.25, 0.3) is 0 Å². The lowest BCUT2D eigenvalue weighted by Gasteiger charge is -2.34. The van der Waals surface area contributed by atoms with Gasteiger partial charge in [0.05, 0.1) is 0 Å². The molecule has 0 amide bonds. The van der Waals surface area contributed by atoms with E-state index in [4.69, 9.17) is 0 Å². The average molecular weight is 260 g/mol. The van der Waals surface area contributed by atoms with Crippen molar-refractivity contribution in [3.8, 4) is 5.75 Å². The number of aromatic hydroxyl groups is 1. The van der Waals surface area contributed by atoms with Crippen LogP contribution in [0.1, 0.15) is 43.4 Å². The number of hydrogen-bond acceptors (Lipinski definition) is 3. The molecular formula is C16H24N2O. The van der Waals surface area contributed by atoms with Crippen LogP contribution in [0.3, 0.4) is 0 Å². The van der Waals surface area contributed by atoms with Gasteiger partial charge in [-0.2, -0.15) is 0 Å². The Balaban J connectivity index is 1.68. The van der Waals surface area contributed by atoms with E-state index in [1.807, 2.05) is 6.07 Å². The monoisotopic (exact) mass is 260 g/mol. The van der Waals surface area contributed by atoms with E-state index in [2.05, 4.69) is 23.2 Å². The van der Waals surface area contributed by atoms with Crippen LogP contribution >= 0.6 is 0 Å². The second-order valence-corrected chi connectivity index (χ2v) is 5.84. The molecule has 0 radical (unpaired) electrons. The SMILES string of the molecule is CCN1CCCC(NC2CCc3c(O)cccc32)C1. The van der Waals surface area contributed by atoms with E-state index in [9.17, 15) is 5.11 Å². The molecule has 2 unspecified atom stereocenters. The van der Waals surface area contributed by atoms with Crippen LogP contribution in [-0.4, -0.2) is 35.7 Å². The summed E-state index contributed by atoms with van der Waals surface area (Å²) in [5.41, 5.74) is 2.47. The summed E-state index contributed by atoms with van der Waals surface area (Å²) in [6, 6.07) is 6.98. The number of phenolic OH excluding ortho intramolecular Hbond substituents is 1. The number of benzene rings is 1. The summed E-state index contributed by atoms with van der Waals surface area (Å²) in [7, 11) is 0. The molecule has 0 bridgehead atoms.